The number of carbonyl (C=O) groups excluding carboxylic acids is 2. The zero-order valence-electron chi connectivity index (χ0n) is 18.1. The number of nitrogens with zero attached hydrogens (tertiary/aromatic N) is 2. The Bertz CT molecular complexity index is 880. The molecule has 6 nitrogen and oxygen atoms in total. The average Bonchev–Trinajstić information content (AvgIpc) is 3.24. The van der Waals surface area contributed by atoms with E-state index in [0.717, 1.165) is 17.7 Å². The van der Waals surface area contributed by atoms with E-state index in [1.165, 1.54) is 4.88 Å². The molecule has 0 saturated carbocycles. The van der Waals surface area contributed by atoms with Crippen LogP contribution in [0.2, 0.25) is 0 Å². The summed E-state index contributed by atoms with van der Waals surface area (Å²) in [6.07, 6.45) is 1.22. The number of ether oxygens (including phenoxy) is 2. The van der Waals surface area contributed by atoms with Gasteiger partial charge in [0, 0.05) is 30.0 Å². The quantitative estimate of drug-likeness (QED) is 0.637. The monoisotopic (exact) mass is 430 g/mol. The maximum absolute atomic E-state index is 13.2. The topological polar surface area (TPSA) is 59.1 Å². The van der Waals surface area contributed by atoms with Crippen LogP contribution in [0.5, 0.6) is 11.5 Å². The Morgan fingerprint density at radius 2 is 2.03 bits per heavy atom. The molecule has 0 saturated heterocycles. The zero-order valence-corrected chi connectivity index (χ0v) is 18.9. The van der Waals surface area contributed by atoms with E-state index in [1.54, 1.807) is 23.3 Å². The predicted molar refractivity (Wildman–Crippen MR) is 118 cm³/mol. The summed E-state index contributed by atoms with van der Waals surface area (Å²) in [4.78, 5) is 30.4. The molecule has 3 rings (SSSR count). The van der Waals surface area contributed by atoms with Crippen LogP contribution in [0.25, 0.3) is 0 Å². The van der Waals surface area contributed by atoms with Crippen LogP contribution in [0.3, 0.4) is 0 Å². The van der Waals surface area contributed by atoms with Gasteiger partial charge in [-0.2, -0.15) is 0 Å². The van der Waals surface area contributed by atoms with Crippen molar-refractivity contribution in [2.75, 3.05) is 26.8 Å². The third-order valence-corrected chi connectivity index (χ3v) is 6.41. The van der Waals surface area contributed by atoms with E-state index >= 15 is 0 Å². The van der Waals surface area contributed by atoms with Crippen molar-refractivity contribution in [3.63, 3.8) is 0 Å². The molecule has 1 aromatic heterocycles. The van der Waals surface area contributed by atoms with Crippen LogP contribution in [0.4, 0.5) is 0 Å². The van der Waals surface area contributed by atoms with Gasteiger partial charge in [0.05, 0.1) is 19.7 Å². The lowest BCUT2D eigenvalue weighted by atomic mass is 10.00. The minimum atomic E-state index is -0.176. The number of rotatable bonds is 8. The second-order valence-electron chi connectivity index (χ2n) is 7.61. The van der Waals surface area contributed by atoms with Crippen molar-refractivity contribution in [3.8, 4) is 11.5 Å². The molecule has 1 atom stereocenters. The molecule has 2 amide bonds. The van der Waals surface area contributed by atoms with Crippen LogP contribution < -0.4 is 9.47 Å². The summed E-state index contributed by atoms with van der Waals surface area (Å²) in [5.74, 6) is 1.39. The van der Waals surface area contributed by atoms with Crippen molar-refractivity contribution in [2.45, 2.75) is 45.7 Å². The first-order chi connectivity index (χ1) is 14.4. The summed E-state index contributed by atoms with van der Waals surface area (Å²) >= 11 is 1.72. The molecular formula is C23H30N2O4S. The molecule has 2 heterocycles. The normalized spacial score (nSPS) is 15.6. The Morgan fingerprint density at radius 1 is 1.27 bits per heavy atom. The highest BCUT2D eigenvalue weighted by molar-refractivity contribution is 7.10. The summed E-state index contributed by atoms with van der Waals surface area (Å²) in [5.41, 5.74) is 1.14. The number of benzene rings is 1. The van der Waals surface area contributed by atoms with E-state index in [4.69, 9.17) is 9.47 Å². The highest BCUT2D eigenvalue weighted by Crippen LogP contribution is 2.34. The minimum absolute atomic E-state index is 0.00392. The Labute approximate surface area is 182 Å². The number of carbonyl (C=O) groups is 2. The zero-order chi connectivity index (χ0) is 21.7. The molecule has 7 heteroatoms. The molecule has 0 unspecified atom stereocenters. The van der Waals surface area contributed by atoms with Crippen LogP contribution in [-0.4, -0.2) is 54.5 Å². The number of methoxy groups -OCH3 is 1. The van der Waals surface area contributed by atoms with Crippen LogP contribution in [0.15, 0.2) is 35.7 Å². The number of fused-ring (bicyclic) bond motifs is 1. The second kappa shape index (κ2) is 9.98. The van der Waals surface area contributed by atoms with Gasteiger partial charge >= 0.3 is 0 Å². The molecule has 0 fully saturated rings. The number of hydrogen-bond donors (Lipinski definition) is 0. The fourth-order valence-corrected chi connectivity index (χ4v) is 4.67. The van der Waals surface area contributed by atoms with Crippen molar-refractivity contribution in [1.29, 1.82) is 0 Å². The predicted octanol–water partition coefficient (Wildman–Crippen LogP) is 3.91. The maximum Gasteiger partial charge on any atom is 0.242 e. The number of thiophene rings is 1. The fourth-order valence-electron chi connectivity index (χ4n) is 3.74. The van der Waals surface area contributed by atoms with Gasteiger partial charge < -0.3 is 19.3 Å². The number of amides is 2. The van der Waals surface area contributed by atoms with Crippen molar-refractivity contribution < 1.29 is 19.1 Å². The van der Waals surface area contributed by atoms with Crippen LogP contribution >= 0.6 is 11.3 Å². The highest BCUT2D eigenvalue weighted by atomic mass is 32.1. The molecule has 2 aromatic rings. The van der Waals surface area contributed by atoms with Crippen LogP contribution in [0, 0.1) is 0 Å². The summed E-state index contributed by atoms with van der Waals surface area (Å²) in [6.45, 7) is 6.79. The summed E-state index contributed by atoms with van der Waals surface area (Å²) < 4.78 is 11.3. The first-order valence-electron chi connectivity index (χ1n) is 10.4. The van der Waals surface area contributed by atoms with Crippen molar-refractivity contribution in [3.05, 3.63) is 46.2 Å². The van der Waals surface area contributed by atoms with Gasteiger partial charge in [-0.05, 0) is 49.4 Å². The average molecular weight is 431 g/mol. The Kier molecular flexibility index (Phi) is 7.37. The molecule has 0 spiro atoms. The molecule has 0 radical (unpaired) electrons. The fraction of sp³-hybridized carbons (Fsp3) is 0.478. The van der Waals surface area contributed by atoms with Gasteiger partial charge in [-0.25, -0.2) is 0 Å². The maximum atomic E-state index is 13.2. The Morgan fingerprint density at radius 3 is 2.73 bits per heavy atom. The second-order valence-corrected chi connectivity index (χ2v) is 8.61. The van der Waals surface area contributed by atoms with E-state index in [0.29, 0.717) is 25.3 Å². The van der Waals surface area contributed by atoms with Crippen molar-refractivity contribution in [2.24, 2.45) is 0 Å². The van der Waals surface area contributed by atoms with Crippen LogP contribution in [-0.2, 0) is 16.0 Å². The lowest BCUT2D eigenvalue weighted by Crippen LogP contribution is -2.49. The van der Waals surface area contributed by atoms with Crippen molar-refractivity contribution >= 4 is 23.2 Å². The van der Waals surface area contributed by atoms with Gasteiger partial charge in [0.15, 0.2) is 0 Å². The standard InChI is InChI=1S/C23H30N2O4S/c1-5-22(26)25(16(2)3)14-23(27)24-11-9-21-19(10-12-30-21)20(24)15-29-18-8-6-7-17(13-18)28-4/h6-8,10,12-13,16,20H,5,9,11,14-15H2,1-4H3/t20-/m0/s1. The summed E-state index contributed by atoms with van der Waals surface area (Å²) in [7, 11) is 1.62. The van der Waals surface area contributed by atoms with E-state index in [1.807, 2.05) is 49.9 Å². The first kappa shape index (κ1) is 22.2. The van der Waals surface area contributed by atoms with Crippen molar-refractivity contribution in [1.82, 2.24) is 9.80 Å². The molecule has 30 heavy (non-hydrogen) atoms. The van der Waals surface area contributed by atoms with E-state index in [2.05, 4.69) is 11.4 Å². The van der Waals surface area contributed by atoms with E-state index in [-0.39, 0.29) is 30.4 Å². The smallest absolute Gasteiger partial charge is 0.242 e. The molecule has 162 valence electrons. The molecule has 1 aliphatic heterocycles. The minimum Gasteiger partial charge on any atom is -0.497 e. The molecule has 0 aliphatic carbocycles. The number of hydrogen-bond acceptors (Lipinski definition) is 5. The Balaban J connectivity index is 1.78. The summed E-state index contributed by atoms with van der Waals surface area (Å²) in [6, 6.07) is 9.35. The van der Waals surface area contributed by atoms with E-state index < -0.39 is 0 Å². The lowest BCUT2D eigenvalue weighted by molar-refractivity contribution is -0.144. The SMILES string of the molecule is CCC(=O)N(CC(=O)N1CCc2sccc2[C@@H]1COc1cccc(OC)c1)C(C)C. The molecule has 0 bridgehead atoms. The van der Waals surface area contributed by atoms with Gasteiger partial charge in [-0.15, -0.1) is 11.3 Å². The first-order valence-corrected chi connectivity index (χ1v) is 11.2. The van der Waals surface area contributed by atoms with Gasteiger partial charge in [-0.3, -0.25) is 9.59 Å². The van der Waals surface area contributed by atoms with Gasteiger partial charge in [0.2, 0.25) is 11.8 Å². The lowest BCUT2D eigenvalue weighted by Gasteiger charge is -2.37. The molecule has 1 aromatic carbocycles. The third-order valence-electron chi connectivity index (χ3n) is 5.42. The van der Waals surface area contributed by atoms with Gasteiger partial charge in [0.25, 0.3) is 0 Å². The largest absolute Gasteiger partial charge is 0.497 e. The van der Waals surface area contributed by atoms with Gasteiger partial charge in [-0.1, -0.05) is 13.0 Å². The van der Waals surface area contributed by atoms with Gasteiger partial charge in [0.1, 0.15) is 18.1 Å². The van der Waals surface area contributed by atoms with E-state index in [9.17, 15) is 9.59 Å². The Hall–Kier alpha value is -2.54. The highest BCUT2D eigenvalue weighted by Gasteiger charge is 2.33. The molecule has 0 N–H and O–H groups in total. The van der Waals surface area contributed by atoms with Crippen LogP contribution in [0.1, 0.15) is 43.7 Å². The summed E-state index contributed by atoms with van der Waals surface area (Å²) in [5, 5.41) is 2.07. The molecule has 1 aliphatic rings. The molecular weight excluding hydrogens is 400 g/mol. The third kappa shape index (κ3) is 4.95.